The molecule has 1 aromatic carbocycles. The highest BCUT2D eigenvalue weighted by Gasteiger charge is 2.33. The van der Waals surface area contributed by atoms with Crippen molar-refractivity contribution in [2.45, 2.75) is 30.7 Å². The highest BCUT2D eigenvalue weighted by Crippen LogP contribution is 2.27. The van der Waals surface area contributed by atoms with E-state index in [4.69, 9.17) is 0 Å². The highest BCUT2D eigenvalue weighted by molar-refractivity contribution is 7.92. The maximum absolute atomic E-state index is 13.0. The van der Waals surface area contributed by atoms with E-state index in [1.54, 1.807) is 4.90 Å². The predicted molar refractivity (Wildman–Crippen MR) is 68.9 cm³/mol. The number of rotatable bonds is 5. The number of hydrogen-bond donors (Lipinski definition) is 0. The fourth-order valence-electron chi connectivity index (χ4n) is 2.01. The smallest absolute Gasteiger partial charge is 0.238 e. The van der Waals surface area contributed by atoms with Crippen LogP contribution in [0.3, 0.4) is 0 Å². The van der Waals surface area contributed by atoms with E-state index in [2.05, 4.69) is 0 Å². The van der Waals surface area contributed by atoms with Crippen molar-refractivity contribution in [2.75, 3.05) is 12.3 Å². The molecule has 104 valence electrons. The molecule has 6 heteroatoms. The third-order valence-corrected chi connectivity index (χ3v) is 4.72. The van der Waals surface area contributed by atoms with E-state index in [0.717, 1.165) is 18.9 Å². The second-order valence-corrected chi connectivity index (χ2v) is 6.62. The Kier molecular flexibility index (Phi) is 3.89. The van der Waals surface area contributed by atoms with E-state index in [0.29, 0.717) is 6.54 Å². The van der Waals surface area contributed by atoms with Gasteiger partial charge in [0, 0.05) is 12.6 Å². The number of amides is 1. The Bertz CT molecular complexity index is 581. The summed E-state index contributed by atoms with van der Waals surface area (Å²) in [5, 5.41) is 0. The van der Waals surface area contributed by atoms with E-state index in [1.165, 1.54) is 18.2 Å². The van der Waals surface area contributed by atoms with Crippen LogP contribution >= 0.6 is 0 Å². The lowest BCUT2D eigenvalue weighted by atomic mass is 10.4. The number of benzene rings is 1. The Hall–Kier alpha value is -1.43. The zero-order chi connectivity index (χ0) is 14.0. The summed E-state index contributed by atoms with van der Waals surface area (Å²) in [6.45, 7) is 2.33. The Morgan fingerprint density at radius 1 is 1.42 bits per heavy atom. The number of nitrogens with zero attached hydrogens (tertiary/aromatic N) is 1. The van der Waals surface area contributed by atoms with Gasteiger partial charge in [0.15, 0.2) is 9.84 Å². The van der Waals surface area contributed by atoms with Crippen LogP contribution in [0.4, 0.5) is 4.39 Å². The number of carbonyl (C=O) groups excluding carboxylic acids is 1. The van der Waals surface area contributed by atoms with Crippen LogP contribution in [0.15, 0.2) is 29.2 Å². The quantitative estimate of drug-likeness (QED) is 0.826. The van der Waals surface area contributed by atoms with E-state index in [1.807, 2.05) is 6.92 Å². The molecule has 0 N–H and O–H groups in total. The van der Waals surface area contributed by atoms with Crippen LogP contribution in [-0.2, 0) is 14.6 Å². The Morgan fingerprint density at radius 2 is 2.11 bits per heavy atom. The van der Waals surface area contributed by atoms with Crippen LogP contribution in [0.25, 0.3) is 0 Å². The minimum atomic E-state index is -3.77. The fourth-order valence-corrected chi connectivity index (χ4v) is 3.25. The summed E-state index contributed by atoms with van der Waals surface area (Å²) in [6.07, 6.45) is 1.86. The lowest BCUT2D eigenvalue weighted by Crippen LogP contribution is -2.37. The van der Waals surface area contributed by atoms with Gasteiger partial charge in [0.05, 0.1) is 4.90 Å². The van der Waals surface area contributed by atoms with Gasteiger partial charge in [0.25, 0.3) is 0 Å². The van der Waals surface area contributed by atoms with E-state index >= 15 is 0 Å². The molecule has 0 atom stereocenters. The molecular formula is C13H16FNO3S. The zero-order valence-corrected chi connectivity index (χ0v) is 11.5. The molecule has 1 fully saturated rings. The molecule has 0 unspecified atom stereocenters. The van der Waals surface area contributed by atoms with Crippen LogP contribution in [0, 0.1) is 5.82 Å². The first kappa shape index (κ1) is 14.0. The number of carbonyl (C=O) groups is 1. The van der Waals surface area contributed by atoms with Crippen molar-refractivity contribution < 1.29 is 17.6 Å². The maximum atomic E-state index is 13.0. The molecule has 0 aliphatic heterocycles. The maximum Gasteiger partial charge on any atom is 0.238 e. The van der Waals surface area contributed by atoms with Crippen LogP contribution < -0.4 is 0 Å². The number of hydrogen-bond acceptors (Lipinski definition) is 3. The van der Waals surface area contributed by atoms with Crippen molar-refractivity contribution >= 4 is 15.7 Å². The van der Waals surface area contributed by atoms with Gasteiger partial charge in [-0.3, -0.25) is 4.79 Å². The van der Waals surface area contributed by atoms with Gasteiger partial charge < -0.3 is 4.90 Å². The standard InChI is InChI=1S/C13H16FNO3S/c1-2-15(11-6-7-11)13(16)9-19(17,18)12-5-3-4-10(14)8-12/h3-5,8,11H,2,6-7,9H2,1H3. The Labute approximate surface area is 112 Å². The molecule has 1 aliphatic rings. The van der Waals surface area contributed by atoms with Crippen molar-refractivity contribution in [2.24, 2.45) is 0 Å². The summed E-state index contributed by atoms with van der Waals surface area (Å²) in [7, 11) is -3.77. The van der Waals surface area contributed by atoms with Crippen molar-refractivity contribution in [1.29, 1.82) is 0 Å². The molecule has 0 radical (unpaired) electrons. The summed E-state index contributed by atoms with van der Waals surface area (Å²) in [6, 6.07) is 4.92. The fraction of sp³-hybridized carbons (Fsp3) is 0.462. The Balaban J connectivity index is 2.14. The summed E-state index contributed by atoms with van der Waals surface area (Å²) >= 11 is 0. The minimum Gasteiger partial charge on any atom is -0.339 e. The summed E-state index contributed by atoms with van der Waals surface area (Å²) in [5.41, 5.74) is 0. The van der Waals surface area contributed by atoms with Crippen LogP contribution in [0.2, 0.25) is 0 Å². The van der Waals surface area contributed by atoms with Crippen molar-refractivity contribution in [3.63, 3.8) is 0 Å². The molecule has 1 aromatic rings. The van der Waals surface area contributed by atoms with Gasteiger partial charge in [-0.2, -0.15) is 0 Å². The SMILES string of the molecule is CCN(C(=O)CS(=O)(=O)c1cccc(F)c1)C1CC1. The number of halogens is 1. The molecule has 0 saturated heterocycles. The lowest BCUT2D eigenvalue weighted by molar-refractivity contribution is -0.128. The second-order valence-electron chi connectivity index (χ2n) is 4.63. The highest BCUT2D eigenvalue weighted by atomic mass is 32.2. The predicted octanol–water partition coefficient (Wildman–Crippen LogP) is 1.61. The largest absolute Gasteiger partial charge is 0.339 e. The summed E-state index contributed by atoms with van der Waals surface area (Å²) in [5.74, 6) is -1.63. The van der Waals surface area contributed by atoms with Crippen molar-refractivity contribution in [1.82, 2.24) is 4.90 Å². The molecule has 2 rings (SSSR count). The van der Waals surface area contributed by atoms with Gasteiger partial charge in [0.1, 0.15) is 11.6 Å². The van der Waals surface area contributed by atoms with Crippen molar-refractivity contribution in [3.8, 4) is 0 Å². The van der Waals surface area contributed by atoms with Gasteiger partial charge in [-0.05, 0) is 38.0 Å². The summed E-state index contributed by atoms with van der Waals surface area (Å²) in [4.78, 5) is 13.4. The van der Waals surface area contributed by atoms with E-state index < -0.39 is 27.3 Å². The molecule has 4 nitrogen and oxygen atoms in total. The molecule has 1 aliphatic carbocycles. The average molecular weight is 285 g/mol. The van der Waals surface area contributed by atoms with Gasteiger partial charge >= 0.3 is 0 Å². The average Bonchev–Trinajstić information content (AvgIpc) is 3.14. The van der Waals surface area contributed by atoms with Gasteiger partial charge in [-0.15, -0.1) is 0 Å². The summed E-state index contributed by atoms with van der Waals surface area (Å²) < 4.78 is 37.1. The molecule has 0 aromatic heterocycles. The molecule has 0 bridgehead atoms. The number of sulfone groups is 1. The van der Waals surface area contributed by atoms with E-state index in [9.17, 15) is 17.6 Å². The third kappa shape index (κ3) is 3.32. The Morgan fingerprint density at radius 3 is 2.63 bits per heavy atom. The third-order valence-electron chi connectivity index (χ3n) is 3.12. The first-order valence-corrected chi connectivity index (χ1v) is 7.87. The first-order chi connectivity index (χ1) is 8.94. The molecule has 19 heavy (non-hydrogen) atoms. The van der Waals surface area contributed by atoms with Crippen molar-refractivity contribution in [3.05, 3.63) is 30.1 Å². The van der Waals surface area contributed by atoms with Gasteiger partial charge in [-0.25, -0.2) is 12.8 Å². The minimum absolute atomic E-state index is 0.146. The zero-order valence-electron chi connectivity index (χ0n) is 10.7. The monoisotopic (exact) mass is 285 g/mol. The van der Waals surface area contributed by atoms with E-state index in [-0.39, 0.29) is 10.9 Å². The second kappa shape index (κ2) is 5.28. The molecule has 1 saturated carbocycles. The topological polar surface area (TPSA) is 54.5 Å². The van der Waals surface area contributed by atoms with Crippen LogP contribution in [-0.4, -0.2) is 37.6 Å². The van der Waals surface area contributed by atoms with Crippen LogP contribution in [0.1, 0.15) is 19.8 Å². The molecule has 0 heterocycles. The molecular weight excluding hydrogens is 269 g/mol. The van der Waals surface area contributed by atoms with Gasteiger partial charge in [-0.1, -0.05) is 6.07 Å². The normalized spacial score (nSPS) is 15.3. The van der Waals surface area contributed by atoms with Gasteiger partial charge in [0.2, 0.25) is 5.91 Å². The molecule has 1 amide bonds. The van der Waals surface area contributed by atoms with Crippen LogP contribution in [0.5, 0.6) is 0 Å². The first-order valence-electron chi connectivity index (χ1n) is 6.22. The molecule has 0 spiro atoms. The lowest BCUT2D eigenvalue weighted by Gasteiger charge is -2.20.